The number of carbonyl (C=O) groups is 1. The van der Waals surface area contributed by atoms with E-state index >= 15 is 0 Å². The standard InChI is InChI=1S/C26H29F4N5O4/c27-16-12-25(5-1-7-34(25)13-16)15-39-24-31-19-14-35(20-11-17(36)3-4-18(20)26(28,29)30)23(37)21(19)22(32-24)33-6-2-9-38-10-8-33/h3-4,11,16,36H,1-2,5-10,12-15H2. The van der Waals surface area contributed by atoms with E-state index in [9.17, 15) is 27.5 Å². The number of hydrogen-bond donors (Lipinski definition) is 1. The Morgan fingerprint density at radius 1 is 1.15 bits per heavy atom. The van der Waals surface area contributed by atoms with E-state index in [4.69, 9.17) is 9.47 Å². The van der Waals surface area contributed by atoms with Crippen LogP contribution in [0.1, 0.15) is 47.3 Å². The molecule has 3 saturated heterocycles. The highest BCUT2D eigenvalue weighted by molar-refractivity contribution is 6.13. The van der Waals surface area contributed by atoms with Gasteiger partial charge in [-0.25, -0.2) is 4.39 Å². The van der Waals surface area contributed by atoms with Crippen LogP contribution in [0.25, 0.3) is 0 Å². The quantitative estimate of drug-likeness (QED) is 0.565. The maximum absolute atomic E-state index is 14.2. The summed E-state index contributed by atoms with van der Waals surface area (Å²) in [4.78, 5) is 27.6. The number of carbonyl (C=O) groups excluding carboxylic acids is 1. The predicted molar refractivity (Wildman–Crippen MR) is 132 cm³/mol. The molecule has 1 amide bonds. The number of halogens is 4. The van der Waals surface area contributed by atoms with Crippen molar-refractivity contribution in [3.63, 3.8) is 0 Å². The van der Waals surface area contributed by atoms with E-state index in [0.717, 1.165) is 42.5 Å². The summed E-state index contributed by atoms with van der Waals surface area (Å²) in [7, 11) is 0. The smallest absolute Gasteiger partial charge is 0.418 e. The first-order valence-corrected chi connectivity index (χ1v) is 13.1. The fraction of sp³-hybridized carbons (Fsp3) is 0.577. The molecule has 4 aliphatic rings. The van der Waals surface area contributed by atoms with Gasteiger partial charge in [-0.1, -0.05) is 0 Å². The van der Waals surface area contributed by atoms with E-state index in [1.54, 1.807) is 0 Å². The Bertz CT molecular complexity index is 1270. The number of hydrogen-bond acceptors (Lipinski definition) is 8. The SMILES string of the molecule is O=C1c2c(nc(OCC34CCCN3CC(F)C4)nc2N2CCCOCC2)CN1c1cc(O)ccc1C(F)(F)F. The Morgan fingerprint density at radius 2 is 2.00 bits per heavy atom. The van der Waals surface area contributed by atoms with Gasteiger partial charge in [0.05, 0.1) is 35.6 Å². The molecule has 39 heavy (non-hydrogen) atoms. The second-order valence-corrected chi connectivity index (χ2v) is 10.6. The van der Waals surface area contributed by atoms with E-state index in [0.29, 0.717) is 45.7 Å². The molecule has 0 spiro atoms. The van der Waals surface area contributed by atoms with Gasteiger partial charge in [0, 0.05) is 38.7 Å². The monoisotopic (exact) mass is 551 g/mol. The molecular weight excluding hydrogens is 522 g/mol. The van der Waals surface area contributed by atoms with Gasteiger partial charge in [-0.15, -0.1) is 0 Å². The third kappa shape index (κ3) is 4.75. The molecule has 1 aromatic carbocycles. The average Bonchev–Trinajstić information content (AvgIpc) is 3.42. The molecule has 1 aromatic heterocycles. The van der Waals surface area contributed by atoms with Crippen LogP contribution in [0.4, 0.5) is 29.1 Å². The lowest BCUT2D eigenvalue weighted by atomic mass is 9.95. The number of aromatic hydroxyl groups is 1. The maximum atomic E-state index is 14.2. The molecule has 4 aliphatic heterocycles. The Labute approximate surface area is 222 Å². The van der Waals surface area contributed by atoms with Crippen LogP contribution in [0.3, 0.4) is 0 Å². The number of rotatable bonds is 5. The van der Waals surface area contributed by atoms with Crippen LogP contribution in [-0.4, -0.2) is 83.6 Å². The van der Waals surface area contributed by atoms with Gasteiger partial charge in [0.15, 0.2) is 0 Å². The van der Waals surface area contributed by atoms with Crippen molar-refractivity contribution in [3.05, 3.63) is 35.0 Å². The van der Waals surface area contributed by atoms with Gasteiger partial charge in [-0.2, -0.15) is 23.1 Å². The normalized spacial score (nSPS) is 25.6. The van der Waals surface area contributed by atoms with Gasteiger partial charge in [0.25, 0.3) is 5.91 Å². The summed E-state index contributed by atoms with van der Waals surface area (Å²) < 4.78 is 67.3. The second kappa shape index (κ2) is 9.77. The zero-order chi connectivity index (χ0) is 27.4. The summed E-state index contributed by atoms with van der Waals surface area (Å²) in [6, 6.07) is 2.61. The van der Waals surface area contributed by atoms with Gasteiger partial charge >= 0.3 is 12.2 Å². The number of phenols is 1. The van der Waals surface area contributed by atoms with Crippen LogP contribution in [0.15, 0.2) is 18.2 Å². The Morgan fingerprint density at radius 3 is 2.82 bits per heavy atom. The van der Waals surface area contributed by atoms with E-state index < -0.39 is 40.8 Å². The molecule has 1 N–H and O–H groups in total. The molecule has 2 atom stereocenters. The molecule has 9 nitrogen and oxygen atoms in total. The van der Waals surface area contributed by atoms with Gasteiger partial charge in [-0.05, 0) is 37.9 Å². The van der Waals surface area contributed by atoms with Crippen LogP contribution in [0, 0.1) is 0 Å². The Kier molecular flexibility index (Phi) is 6.53. The predicted octanol–water partition coefficient (Wildman–Crippen LogP) is 3.54. The van der Waals surface area contributed by atoms with E-state index in [2.05, 4.69) is 14.9 Å². The summed E-state index contributed by atoms with van der Waals surface area (Å²) >= 11 is 0. The van der Waals surface area contributed by atoms with Crippen molar-refractivity contribution in [3.8, 4) is 11.8 Å². The highest BCUT2D eigenvalue weighted by atomic mass is 19.4. The largest absolute Gasteiger partial charge is 0.508 e. The van der Waals surface area contributed by atoms with Crippen molar-refractivity contribution in [2.24, 2.45) is 0 Å². The topological polar surface area (TPSA) is 91.3 Å². The van der Waals surface area contributed by atoms with Gasteiger partial charge in [0.1, 0.15) is 29.9 Å². The summed E-state index contributed by atoms with van der Waals surface area (Å²) in [6.07, 6.45) is -2.91. The van der Waals surface area contributed by atoms with Crippen molar-refractivity contribution < 1.29 is 36.9 Å². The van der Waals surface area contributed by atoms with Crippen LogP contribution >= 0.6 is 0 Å². The molecule has 2 aromatic rings. The highest BCUT2D eigenvalue weighted by Gasteiger charge is 2.49. The van der Waals surface area contributed by atoms with Crippen molar-refractivity contribution >= 4 is 17.4 Å². The van der Waals surface area contributed by atoms with Crippen LogP contribution in [-0.2, 0) is 17.5 Å². The van der Waals surface area contributed by atoms with E-state index in [-0.39, 0.29) is 36.2 Å². The number of ether oxygens (including phenoxy) is 2. The number of benzene rings is 1. The molecular formula is C26H29F4N5O4. The van der Waals surface area contributed by atoms with E-state index in [1.807, 2.05) is 4.90 Å². The first kappa shape index (κ1) is 26.1. The third-order valence-electron chi connectivity index (χ3n) is 8.04. The minimum atomic E-state index is -4.75. The number of phenolic OH excluding ortho intramolecular Hbond substituents is 1. The molecule has 5 heterocycles. The minimum absolute atomic E-state index is 0.000878. The molecule has 3 fully saturated rings. The molecule has 0 saturated carbocycles. The van der Waals surface area contributed by atoms with Gasteiger partial charge in [-0.3, -0.25) is 9.69 Å². The molecule has 210 valence electrons. The van der Waals surface area contributed by atoms with Crippen molar-refractivity contribution in [1.29, 1.82) is 0 Å². The number of anilines is 2. The number of alkyl halides is 4. The molecule has 0 aliphatic carbocycles. The molecule has 2 unspecified atom stereocenters. The minimum Gasteiger partial charge on any atom is -0.508 e. The third-order valence-corrected chi connectivity index (χ3v) is 8.04. The van der Waals surface area contributed by atoms with Crippen molar-refractivity contribution in [2.75, 3.05) is 55.8 Å². The zero-order valence-corrected chi connectivity index (χ0v) is 21.2. The Hall–Kier alpha value is -3.19. The molecule has 13 heteroatoms. The fourth-order valence-electron chi connectivity index (χ4n) is 6.24. The maximum Gasteiger partial charge on any atom is 0.418 e. The lowest BCUT2D eigenvalue weighted by molar-refractivity contribution is -0.137. The first-order chi connectivity index (χ1) is 18.6. The summed E-state index contributed by atoms with van der Waals surface area (Å²) in [5.74, 6) is -0.813. The molecule has 0 bridgehead atoms. The van der Waals surface area contributed by atoms with Gasteiger partial charge < -0.3 is 24.4 Å². The second-order valence-electron chi connectivity index (χ2n) is 10.6. The zero-order valence-electron chi connectivity index (χ0n) is 21.2. The summed E-state index contributed by atoms with van der Waals surface area (Å²) in [5.41, 5.74) is -1.61. The number of nitrogens with zero attached hydrogens (tertiary/aromatic N) is 5. The van der Waals surface area contributed by atoms with Gasteiger partial charge in [0.2, 0.25) is 0 Å². The average molecular weight is 552 g/mol. The lowest BCUT2D eigenvalue weighted by Crippen LogP contribution is -2.43. The van der Waals surface area contributed by atoms with Crippen LogP contribution in [0.5, 0.6) is 11.8 Å². The summed E-state index contributed by atoms with van der Waals surface area (Å²) in [5, 5.41) is 9.96. The highest BCUT2D eigenvalue weighted by Crippen LogP contribution is 2.43. The number of aromatic nitrogens is 2. The summed E-state index contributed by atoms with van der Waals surface area (Å²) in [6.45, 7) is 2.97. The molecule has 6 rings (SSSR count). The number of fused-ring (bicyclic) bond motifs is 2. The lowest BCUT2D eigenvalue weighted by Gasteiger charge is -2.31. The van der Waals surface area contributed by atoms with Crippen LogP contribution in [0.2, 0.25) is 0 Å². The Balaban J connectivity index is 1.36. The fourth-order valence-corrected chi connectivity index (χ4v) is 6.24. The van der Waals surface area contributed by atoms with E-state index in [1.165, 1.54) is 0 Å². The van der Waals surface area contributed by atoms with Crippen molar-refractivity contribution in [2.45, 2.75) is 50.1 Å². The van der Waals surface area contributed by atoms with Crippen LogP contribution < -0.4 is 14.5 Å². The first-order valence-electron chi connectivity index (χ1n) is 13.1. The number of amides is 1. The van der Waals surface area contributed by atoms with Crippen molar-refractivity contribution in [1.82, 2.24) is 14.9 Å². The molecule has 0 radical (unpaired) electrons.